The fourth-order valence-corrected chi connectivity index (χ4v) is 4.59. The molecule has 1 atom stereocenters. The van der Waals surface area contributed by atoms with Crippen molar-refractivity contribution in [2.75, 3.05) is 25.0 Å². The predicted octanol–water partition coefficient (Wildman–Crippen LogP) is 3.72. The van der Waals surface area contributed by atoms with Gasteiger partial charge in [-0.15, -0.1) is 0 Å². The Bertz CT molecular complexity index is 1120. The zero-order valence-electron chi connectivity index (χ0n) is 16.3. The molecule has 1 aliphatic heterocycles. The van der Waals surface area contributed by atoms with E-state index in [1.807, 2.05) is 19.3 Å². The molecule has 6 nitrogen and oxygen atoms in total. The van der Waals surface area contributed by atoms with Crippen LogP contribution in [-0.4, -0.2) is 51.9 Å². The first kappa shape index (κ1) is 18.9. The average molecular weight is 415 g/mol. The average Bonchev–Trinajstić information content (AvgIpc) is 3.17. The first-order chi connectivity index (χ1) is 14.3. The van der Waals surface area contributed by atoms with Crippen LogP contribution in [0, 0.1) is 5.41 Å². The summed E-state index contributed by atoms with van der Waals surface area (Å²) in [6, 6.07) is 6.61. The van der Waals surface area contributed by atoms with Crippen molar-refractivity contribution in [3.05, 3.63) is 54.0 Å². The third-order valence-electron chi connectivity index (χ3n) is 6.36. The smallest absolute Gasteiger partial charge is 0.354 e. The summed E-state index contributed by atoms with van der Waals surface area (Å²) in [6.07, 6.45) is 0.800. The highest BCUT2D eigenvalue weighted by Gasteiger charge is 2.57. The van der Waals surface area contributed by atoms with Gasteiger partial charge < -0.3 is 14.8 Å². The number of aromatic nitrogens is 3. The minimum absolute atomic E-state index is 0.0419. The molecule has 1 amide bonds. The van der Waals surface area contributed by atoms with E-state index in [0.717, 1.165) is 41.8 Å². The number of H-pyrrole nitrogens is 1. The van der Waals surface area contributed by atoms with Gasteiger partial charge in [-0.2, -0.15) is 13.2 Å². The number of hydrogen-bond acceptors (Lipinski definition) is 4. The summed E-state index contributed by atoms with van der Waals surface area (Å²) < 4.78 is 39.2. The highest BCUT2D eigenvalue weighted by atomic mass is 19.4. The highest BCUT2D eigenvalue weighted by Crippen LogP contribution is 2.55. The molecule has 3 heterocycles. The molecule has 1 spiro atoms. The van der Waals surface area contributed by atoms with Crippen LogP contribution in [0.2, 0.25) is 0 Å². The number of aromatic amines is 1. The fraction of sp³-hybridized carbons (Fsp3) is 0.381. The van der Waals surface area contributed by atoms with E-state index >= 15 is 0 Å². The van der Waals surface area contributed by atoms with Crippen molar-refractivity contribution in [1.82, 2.24) is 19.9 Å². The van der Waals surface area contributed by atoms with Gasteiger partial charge in [0.25, 0.3) is 5.91 Å². The number of nitrogens with one attached hydrogen (secondary N) is 1. The van der Waals surface area contributed by atoms with Gasteiger partial charge in [0.05, 0.1) is 17.0 Å². The second-order valence-electron chi connectivity index (χ2n) is 8.19. The third kappa shape index (κ3) is 3.00. The Kier molecular flexibility index (Phi) is 4.06. The van der Waals surface area contributed by atoms with Gasteiger partial charge >= 0.3 is 6.18 Å². The number of anilines is 1. The van der Waals surface area contributed by atoms with Crippen molar-refractivity contribution in [3.8, 4) is 0 Å². The SMILES string of the molecule is CN(c1ncnc2[nH]ccc12)[C@H]1CN(C(=O)c2cccc(C(F)(F)F)c2)CC12CC2. The minimum Gasteiger partial charge on any atom is -0.354 e. The minimum atomic E-state index is -4.48. The number of fused-ring (bicyclic) bond motifs is 1. The molecule has 2 aliphatic rings. The molecule has 1 saturated heterocycles. The second kappa shape index (κ2) is 6.45. The number of carbonyl (C=O) groups excluding carboxylic acids is 1. The van der Waals surface area contributed by atoms with Crippen LogP contribution in [0.1, 0.15) is 28.8 Å². The lowest BCUT2D eigenvalue weighted by Gasteiger charge is -2.30. The number of rotatable bonds is 3. The molecule has 2 aromatic heterocycles. The molecule has 0 unspecified atom stereocenters. The molecule has 0 bridgehead atoms. The van der Waals surface area contributed by atoms with Crippen molar-refractivity contribution in [1.29, 1.82) is 0 Å². The zero-order chi connectivity index (χ0) is 21.1. The number of benzene rings is 1. The van der Waals surface area contributed by atoms with Crippen LogP contribution in [0.25, 0.3) is 11.0 Å². The lowest BCUT2D eigenvalue weighted by atomic mass is 9.99. The fourth-order valence-electron chi connectivity index (χ4n) is 4.59. The van der Waals surface area contributed by atoms with E-state index in [1.165, 1.54) is 18.5 Å². The van der Waals surface area contributed by atoms with E-state index in [-0.39, 0.29) is 22.9 Å². The molecule has 1 saturated carbocycles. The molecule has 5 rings (SSSR count). The summed E-state index contributed by atoms with van der Waals surface area (Å²) in [6.45, 7) is 0.986. The summed E-state index contributed by atoms with van der Waals surface area (Å²) in [4.78, 5) is 28.5. The van der Waals surface area contributed by atoms with E-state index in [4.69, 9.17) is 0 Å². The molecular weight excluding hydrogens is 395 g/mol. The molecule has 1 aliphatic carbocycles. The Morgan fingerprint density at radius 2 is 2.07 bits per heavy atom. The first-order valence-corrected chi connectivity index (χ1v) is 9.76. The van der Waals surface area contributed by atoms with Crippen molar-refractivity contribution in [3.63, 3.8) is 0 Å². The second-order valence-corrected chi connectivity index (χ2v) is 8.19. The monoisotopic (exact) mass is 415 g/mol. The molecule has 0 radical (unpaired) electrons. The molecule has 9 heteroatoms. The number of likely N-dealkylation sites (tertiary alicyclic amines) is 1. The summed E-state index contributed by atoms with van der Waals surface area (Å²) >= 11 is 0. The van der Waals surface area contributed by atoms with E-state index in [2.05, 4.69) is 19.9 Å². The Morgan fingerprint density at radius 3 is 2.80 bits per heavy atom. The number of hydrogen-bond donors (Lipinski definition) is 1. The van der Waals surface area contributed by atoms with Gasteiger partial charge in [-0.05, 0) is 37.1 Å². The summed E-state index contributed by atoms with van der Waals surface area (Å²) in [5, 5.41) is 0.901. The topological polar surface area (TPSA) is 65.1 Å². The van der Waals surface area contributed by atoms with Gasteiger partial charge in [0.2, 0.25) is 0 Å². The van der Waals surface area contributed by atoms with Gasteiger partial charge in [0, 0.05) is 37.3 Å². The maximum Gasteiger partial charge on any atom is 0.416 e. The molecule has 3 aromatic rings. The molecule has 2 fully saturated rings. The summed E-state index contributed by atoms with van der Waals surface area (Å²) in [5.74, 6) is 0.420. The summed E-state index contributed by atoms with van der Waals surface area (Å²) in [5.41, 5.74) is -0.0385. The van der Waals surface area contributed by atoms with E-state index in [1.54, 1.807) is 4.90 Å². The molecule has 1 aromatic carbocycles. The lowest BCUT2D eigenvalue weighted by molar-refractivity contribution is -0.137. The largest absolute Gasteiger partial charge is 0.416 e. The van der Waals surface area contributed by atoms with Crippen LogP contribution in [0.5, 0.6) is 0 Å². The van der Waals surface area contributed by atoms with Gasteiger partial charge in [0.15, 0.2) is 0 Å². The zero-order valence-corrected chi connectivity index (χ0v) is 16.3. The quantitative estimate of drug-likeness (QED) is 0.708. The standard InChI is InChI=1S/C21H20F3N5O/c1-28(18-15-5-8-25-17(15)26-12-27-18)16-10-29(11-20(16)6-7-20)19(30)13-3-2-4-14(9-13)21(22,23)24/h2-5,8-9,12,16H,6-7,10-11H2,1H3,(H,25,26,27)/t16-/m0/s1. The maximum absolute atomic E-state index is 13.1. The molecule has 30 heavy (non-hydrogen) atoms. The Morgan fingerprint density at radius 1 is 1.27 bits per heavy atom. The Balaban J connectivity index is 1.42. The van der Waals surface area contributed by atoms with Crippen LogP contribution < -0.4 is 4.90 Å². The molecule has 1 N–H and O–H groups in total. The van der Waals surface area contributed by atoms with Crippen LogP contribution in [-0.2, 0) is 6.18 Å². The Hall–Kier alpha value is -3.10. The first-order valence-electron chi connectivity index (χ1n) is 9.76. The van der Waals surface area contributed by atoms with Crippen molar-refractivity contribution in [2.24, 2.45) is 5.41 Å². The number of amides is 1. The van der Waals surface area contributed by atoms with Crippen LogP contribution >= 0.6 is 0 Å². The highest BCUT2D eigenvalue weighted by molar-refractivity contribution is 5.95. The normalized spacial score (nSPS) is 20.1. The van der Waals surface area contributed by atoms with E-state index in [9.17, 15) is 18.0 Å². The number of likely N-dealkylation sites (N-methyl/N-ethyl adjacent to an activating group) is 1. The van der Waals surface area contributed by atoms with Gasteiger partial charge in [-0.1, -0.05) is 6.07 Å². The number of alkyl halides is 3. The van der Waals surface area contributed by atoms with Crippen LogP contribution in [0.3, 0.4) is 0 Å². The summed E-state index contributed by atoms with van der Waals surface area (Å²) in [7, 11) is 1.96. The van der Waals surface area contributed by atoms with Crippen LogP contribution in [0.15, 0.2) is 42.9 Å². The van der Waals surface area contributed by atoms with Crippen LogP contribution in [0.4, 0.5) is 19.0 Å². The van der Waals surface area contributed by atoms with Gasteiger partial charge in [-0.3, -0.25) is 4.79 Å². The number of nitrogens with zero attached hydrogens (tertiary/aromatic N) is 4. The molecule has 156 valence electrons. The predicted molar refractivity (Wildman–Crippen MR) is 105 cm³/mol. The lowest BCUT2D eigenvalue weighted by Crippen LogP contribution is -2.40. The van der Waals surface area contributed by atoms with Crippen molar-refractivity contribution < 1.29 is 18.0 Å². The number of halogens is 3. The number of carbonyl (C=O) groups is 1. The van der Waals surface area contributed by atoms with Crippen molar-refractivity contribution in [2.45, 2.75) is 25.1 Å². The van der Waals surface area contributed by atoms with Gasteiger partial charge in [-0.25, -0.2) is 9.97 Å². The Labute approximate surface area is 170 Å². The van der Waals surface area contributed by atoms with E-state index in [0.29, 0.717) is 13.1 Å². The maximum atomic E-state index is 13.1. The molecular formula is C21H20F3N5O. The van der Waals surface area contributed by atoms with Gasteiger partial charge in [0.1, 0.15) is 17.8 Å². The third-order valence-corrected chi connectivity index (χ3v) is 6.36. The van der Waals surface area contributed by atoms with Crippen molar-refractivity contribution >= 4 is 22.8 Å². The van der Waals surface area contributed by atoms with E-state index < -0.39 is 11.7 Å².